The molecule has 1 aromatic heterocycles. The molecule has 2 fully saturated rings. The van der Waals surface area contributed by atoms with Gasteiger partial charge in [0.15, 0.2) is 0 Å². The molecule has 4 heterocycles. The summed E-state index contributed by atoms with van der Waals surface area (Å²) < 4.78 is 29.3. The Morgan fingerprint density at radius 1 is 0.944 bits per heavy atom. The number of aromatic nitrogens is 2. The monoisotopic (exact) mass is 744 g/mol. The molecule has 292 valence electrons. The molecule has 14 nitrogen and oxygen atoms in total. The molecule has 3 aliphatic heterocycles. The fourth-order valence-electron chi connectivity index (χ4n) is 7.49. The third-order valence-electron chi connectivity index (χ3n) is 10.1. The first-order chi connectivity index (χ1) is 26.1. The molecule has 1 amide bonds. The summed E-state index contributed by atoms with van der Waals surface area (Å²) in [6.07, 6.45) is 1.44. The topological polar surface area (TPSA) is 152 Å². The van der Waals surface area contributed by atoms with E-state index in [0.29, 0.717) is 78.4 Å². The maximum absolute atomic E-state index is 13.2. The van der Waals surface area contributed by atoms with Gasteiger partial charge in [-0.3, -0.25) is 4.90 Å². The molecular formula is C40H56N8O6. The van der Waals surface area contributed by atoms with Crippen molar-refractivity contribution in [1.29, 1.82) is 5.26 Å². The Hall–Kier alpha value is -4.26. The van der Waals surface area contributed by atoms with E-state index in [4.69, 9.17) is 39.4 Å². The summed E-state index contributed by atoms with van der Waals surface area (Å²) >= 11 is 0. The van der Waals surface area contributed by atoms with E-state index in [0.717, 1.165) is 43.0 Å². The maximum Gasteiger partial charge on any atom is 0.410 e. The number of carbonyl (C=O) groups is 1. The van der Waals surface area contributed by atoms with Crippen molar-refractivity contribution in [2.75, 3.05) is 95.8 Å². The predicted octanol–water partition coefficient (Wildman–Crippen LogP) is 3.99. The summed E-state index contributed by atoms with van der Waals surface area (Å²) in [5, 5.41) is 12.2. The zero-order valence-electron chi connectivity index (χ0n) is 32.2. The molecule has 3 aliphatic rings. The molecular weight excluding hydrogens is 688 g/mol. The van der Waals surface area contributed by atoms with Crippen molar-refractivity contribution in [3.8, 4) is 12.1 Å². The SMILES string of the molecule is CN1C[C@H](OCCOCCOCCN)C[C@H]1COc1nc2c(c(N3CCN(C(=O)OC(C)(C)C)[C@@H](CC#N)C3)n1)CCN(c1cccc3ccccc13)C2. The van der Waals surface area contributed by atoms with E-state index in [9.17, 15) is 10.1 Å². The second-order valence-electron chi connectivity index (χ2n) is 15.2. The van der Waals surface area contributed by atoms with Crippen LogP contribution in [0.5, 0.6) is 6.01 Å². The summed E-state index contributed by atoms with van der Waals surface area (Å²) in [4.78, 5) is 31.8. The highest BCUT2D eigenvalue weighted by atomic mass is 16.6. The lowest BCUT2D eigenvalue weighted by Gasteiger charge is -2.42. The third-order valence-corrected chi connectivity index (χ3v) is 10.1. The number of carbonyl (C=O) groups excluding carboxylic acids is 1. The van der Waals surface area contributed by atoms with Gasteiger partial charge in [0.05, 0.1) is 69.9 Å². The predicted molar refractivity (Wildman–Crippen MR) is 207 cm³/mol. The van der Waals surface area contributed by atoms with Crippen LogP contribution >= 0.6 is 0 Å². The van der Waals surface area contributed by atoms with E-state index >= 15 is 0 Å². The molecule has 3 atom stereocenters. The van der Waals surface area contributed by atoms with Crippen molar-refractivity contribution in [3.05, 3.63) is 53.7 Å². The lowest BCUT2D eigenvalue weighted by Crippen LogP contribution is -2.56. The van der Waals surface area contributed by atoms with E-state index in [-0.39, 0.29) is 24.6 Å². The normalized spacial score (nSPS) is 20.6. The summed E-state index contributed by atoms with van der Waals surface area (Å²) in [5.41, 5.74) is 8.00. The number of nitrogens with two attached hydrogens (primary N) is 1. The van der Waals surface area contributed by atoms with E-state index < -0.39 is 11.7 Å². The molecule has 2 saturated heterocycles. The average molecular weight is 745 g/mol. The van der Waals surface area contributed by atoms with Crippen LogP contribution in [0.25, 0.3) is 10.8 Å². The summed E-state index contributed by atoms with van der Waals surface area (Å²) in [6, 6.07) is 17.3. The number of ether oxygens (including phenoxy) is 5. The Morgan fingerprint density at radius 2 is 1.72 bits per heavy atom. The van der Waals surface area contributed by atoms with Gasteiger partial charge in [-0.15, -0.1) is 0 Å². The second kappa shape index (κ2) is 18.4. The average Bonchev–Trinajstić information content (AvgIpc) is 3.52. The Balaban J connectivity index is 1.17. The van der Waals surface area contributed by atoms with E-state index in [1.165, 1.54) is 16.5 Å². The molecule has 2 aromatic carbocycles. The number of nitriles is 1. The molecule has 54 heavy (non-hydrogen) atoms. The molecule has 0 radical (unpaired) electrons. The highest BCUT2D eigenvalue weighted by molar-refractivity contribution is 5.94. The van der Waals surface area contributed by atoms with E-state index in [2.05, 4.69) is 70.3 Å². The van der Waals surface area contributed by atoms with E-state index in [1.54, 1.807) is 4.90 Å². The number of amides is 1. The number of hydrogen-bond donors (Lipinski definition) is 1. The number of benzene rings is 2. The minimum absolute atomic E-state index is 0.0771. The lowest BCUT2D eigenvalue weighted by molar-refractivity contribution is -0.00709. The maximum atomic E-state index is 13.2. The number of piperazine rings is 1. The fourth-order valence-corrected chi connectivity index (χ4v) is 7.49. The van der Waals surface area contributed by atoms with Crippen LogP contribution in [-0.2, 0) is 31.9 Å². The van der Waals surface area contributed by atoms with Crippen LogP contribution in [0.2, 0.25) is 0 Å². The number of rotatable bonds is 15. The Bertz CT molecular complexity index is 1740. The van der Waals surface area contributed by atoms with Crippen molar-refractivity contribution < 1.29 is 28.5 Å². The van der Waals surface area contributed by atoms with Gasteiger partial charge in [0.25, 0.3) is 0 Å². The quantitative estimate of drug-likeness (QED) is 0.224. The number of hydrogen-bond acceptors (Lipinski definition) is 13. The third kappa shape index (κ3) is 10.1. The Morgan fingerprint density at radius 3 is 2.52 bits per heavy atom. The summed E-state index contributed by atoms with van der Waals surface area (Å²) in [7, 11) is 2.09. The molecule has 0 aliphatic carbocycles. The fraction of sp³-hybridized carbons (Fsp3) is 0.600. The molecule has 0 spiro atoms. The molecule has 0 bridgehead atoms. The van der Waals surface area contributed by atoms with Crippen molar-refractivity contribution >= 4 is 28.4 Å². The van der Waals surface area contributed by atoms with Crippen molar-refractivity contribution in [3.63, 3.8) is 0 Å². The van der Waals surface area contributed by atoms with Gasteiger partial charge in [0.1, 0.15) is 18.0 Å². The first kappa shape index (κ1) is 39.4. The van der Waals surface area contributed by atoms with Crippen LogP contribution in [-0.4, -0.2) is 136 Å². The molecule has 2 N–H and O–H groups in total. The minimum atomic E-state index is -0.632. The molecule has 0 saturated carbocycles. The molecule has 6 rings (SSSR count). The van der Waals surface area contributed by atoms with Gasteiger partial charge in [0.2, 0.25) is 0 Å². The molecule has 0 unspecified atom stereocenters. The standard InChI is InChI=1S/C40H56N8O6/c1-40(2,3)54-39(49)48-18-17-47(25-30(48)12-14-41)37-34-13-16-46(36-11-7-9-29-8-5-6-10-33(29)36)27-35(34)43-38(44-37)53-28-31-24-32(26-45(31)4)52-23-22-51-21-20-50-19-15-42/h5-11,30-32H,12-13,15-28,42H2,1-4H3/t30-,31-,32+/m0/s1. The Kier molecular flexibility index (Phi) is 13.4. The number of anilines is 2. The highest BCUT2D eigenvalue weighted by Crippen LogP contribution is 2.35. The van der Waals surface area contributed by atoms with Crippen LogP contribution in [0.15, 0.2) is 42.5 Å². The highest BCUT2D eigenvalue weighted by Gasteiger charge is 2.36. The van der Waals surface area contributed by atoms with Crippen LogP contribution in [0, 0.1) is 11.3 Å². The minimum Gasteiger partial charge on any atom is -0.462 e. The zero-order valence-corrected chi connectivity index (χ0v) is 32.2. The smallest absolute Gasteiger partial charge is 0.410 e. The van der Waals surface area contributed by atoms with Gasteiger partial charge < -0.3 is 44.1 Å². The summed E-state index contributed by atoms with van der Waals surface area (Å²) in [6.45, 7) is 12.7. The van der Waals surface area contributed by atoms with Gasteiger partial charge in [-0.2, -0.15) is 15.2 Å². The summed E-state index contributed by atoms with van der Waals surface area (Å²) in [5.74, 6) is 0.814. The first-order valence-electron chi connectivity index (χ1n) is 19.2. The van der Waals surface area contributed by atoms with Gasteiger partial charge in [-0.25, -0.2) is 4.79 Å². The molecule has 3 aromatic rings. The van der Waals surface area contributed by atoms with Crippen LogP contribution < -0.4 is 20.3 Å². The van der Waals surface area contributed by atoms with Crippen molar-refractivity contribution in [1.82, 2.24) is 19.8 Å². The first-order valence-corrected chi connectivity index (χ1v) is 19.2. The zero-order chi connectivity index (χ0) is 38.1. The Labute approximate surface area is 319 Å². The van der Waals surface area contributed by atoms with E-state index in [1.807, 2.05) is 20.8 Å². The van der Waals surface area contributed by atoms with Crippen molar-refractivity contribution in [2.24, 2.45) is 5.73 Å². The van der Waals surface area contributed by atoms with Gasteiger partial charge in [0, 0.05) is 61.9 Å². The number of fused-ring (bicyclic) bond motifs is 2. The number of likely N-dealkylation sites (tertiary alicyclic amines) is 1. The largest absolute Gasteiger partial charge is 0.462 e. The second-order valence-corrected chi connectivity index (χ2v) is 15.2. The van der Waals surface area contributed by atoms with Gasteiger partial charge in [-0.05, 0) is 52.1 Å². The number of nitrogens with zero attached hydrogens (tertiary/aromatic N) is 7. The van der Waals surface area contributed by atoms with Crippen LogP contribution in [0.1, 0.15) is 44.9 Å². The number of likely N-dealkylation sites (N-methyl/N-ethyl adjacent to an activating group) is 1. The lowest BCUT2D eigenvalue weighted by atomic mass is 10.0. The van der Waals surface area contributed by atoms with Gasteiger partial charge >= 0.3 is 12.1 Å². The van der Waals surface area contributed by atoms with Crippen LogP contribution in [0.3, 0.4) is 0 Å². The van der Waals surface area contributed by atoms with Gasteiger partial charge in [-0.1, -0.05) is 36.4 Å². The molecule has 14 heteroatoms. The van der Waals surface area contributed by atoms with Crippen molar-refractivity contribution in [2.45, 2.75) is 70.4 Å². The van der Waals surface area contributed by atoms with Crippen LogP contribution in [0.4, 0.5) is 16.3 Å².